The fraction of sp³-hybridized carbons (Fsp3) is 0.583. The van der Waals surface area contributed by atoms with Crippen molar-refractivity contribution < 1.29 is 9.90 Å². The third-order valence-corrected chi connectivity index (χ3v) is 3.28. The summed E-state index contributed by atoms with van der Waals surface area (Å²) in [6.45, 7) is 2.57. The smallest absolute Gasteiger partial charge is 0.306 e. The van der Waals surface area contributed by atoms with Crippen molar-refractivity contribution in [2.75, 3.05) is 11.9 Å². The fourth-order valence-corrected chi connectivity index (χ4v) is 2.31. The van der Waals surface area contributed by atoms with Gasteiger partial charge in [0.1, 0.15) is 0 Å². The molecule has 2 atom stereocenters. The van der Waals surface area contributed by atoms with E-state index in [-0.39, 0.29) is 11.8 Å². The number of aromatic nitrogens is 2. The lowest BCUT2D eigenvalue weighted by Crippen LogP contribution is -2.25. The van der Waals surface area contributed by atoms with Crippen LogP contribution in [-0.2, 0) is 4.79 Å². The Bertz CT molecular complexity index is 391. The van der Waals surface area contributed by atoms with Crippen LogP contribution in [0.25, 0.3) is 0 Å². The molecule has 5 heteroatoms. The number of hydrogen-bond acceptors (Lipinski definition) is 4. The average Bonchev–Trinajstić information content (AvgIpc) is 2.76. The van der Waals surface area contributed by atoms with E-state index in [0.29, 0.717) is 12.5 Å². The summed E-state index contributed by atoms with van der Waals surface area (Å²) in [5.41, 5.74) is 1.01. The van der Waals surface area contributed by atoms with Gasteiger partial charge in [-0.15, -0.1) is 0 Å². The SMILES string of the molecule is Cc1cnc(NCC2CCCC2C(=O)O)nc1. The lowest BCUT2D eigenvalue weighted by Gasteiger charge is -2.16. The molecule has 0 saturated heterocycles. The maximum Gasteiger partial charge on any atom is 0.306 e. The number of carboxylic acid groups (broad SMARTS) is 1. The largest absolute Gasteiger partial charge is 0.481 e. The van der Waals surface area contributed by atoms with Crippen molar-refractivity contribution in [3.05, 3.63) is 18.0 Å². The van der Waals surface area contributed by atoms with Crippen LogP contribution in [0.5, 0.6) is 0 Å². The monoisotopic (exact) mass is 235 g/mol. The Balaban J connectivity index is 1.89. The quantitative estimate of drug-likeness (QED) is 0.830. The van der Waals surface area contributed by atoms with Gasteiger partial charge in [-0.25, -0.2) is 9.97 Å². The van der Waals surface area contributed by atoms with Gasteiger partial charge in [0.2, 0.25) is 5.95 Å². The fourth-order valence-electron chi connectivity index (χ4n) is 2.31. The molecule has 0 amide bonds. The molecule has 1 heterocycles. The molecule has 0 aromatic carbocycles. The molecule has 0 radical (unpaired) electrons. The van der Waals surface area contributed by atoms with E-state index in [1.54, 1.807) is 12.4 Å². The van der Waals surface area contributed by atoms with Crippen molar-refractivity contribution in [1.29, 1.82) is 0 Å². The first-order chi connectivity index (χ1) is 8.16. The summed E-state index contributed by atoms with van der Waals surface area (Å²) in [5.74, 6) is -0.129. The summed E-state index contributed by atoms with van der Waals surface area (Å²) in [4.78, 5) is 19.3. The van der Waals surface area contributed by atoms with Crippen LogP contribution in [0, 0.1) is 18.8 Å². The minimum absolute atomic E-state index is 0.192. The van der Waals surface area contributed by atoms with Gasteiger partial charge in [0.05, 0.1) is 5.92 Å². The Morgan fingerprint density at radius 2 is 2.18 bits per heavy atom. The second-order valence-electron chi connectivity index (χ2n) is 4.60. The van der Waals surface area contributed by atoms with Crippen molar-refractivity contribution in [3.8, 4) is 0 Å². The number of nitrogens with one attached hydrogen (secondary N) is 1. The molecule has 17 heavy (non-hydrogen) atoms. The van der Waals surface area contributed by atoms with Gasteiger partial charge >= 0.3 is 5.97 Å². The van der Waals surface area contributed by atoms with Crippen LogP contribution in [0.2, 0.25) is 0 Å². The highest BCUT2D eigenvalue weighted by molar-refractivity contribution is 5.70. The molecular weight excluding hydrogens is 218 g/mol. The molecule has 2 N–H and O–H groups in total. The van der Waals surface area contributed by atoms with Crippen LogP contribution in [0.1, 0.15) is 24.8 Å². The average molecular weight is 235 g/mol. The number of nitrogens with zero attached hydrogens (tertiary/aromatic N) is 2. The number of carboxylic acids is 1. The van der Waals surface area contributed by atoms with E-state index in [9.17, 15) is 4.79 Å². The Morgan fingerprint density at radius 1 is 1.47 bits per heavy atom. The molecule has 2 rings (SSSR count). The van der Waals surface area contributed by atoms with Gasteiger partial charge in [0, 0.05) is 18.9 Å². The minimum atomic E-state index is -0.681. The second-order valence-corrected chi connectivity index (χ2v) is 4.60. The zero-order valence-electron chi connectivity index (χ0n) is 9.89. The summed E-state index contributed by atoms with van der Waals surface area (Å²) in [7, 11) is 0. The second kappa shape index (κ2) is 5.12. The highest BCUT2D eigenvalue weighted by atomic mass is 16.4. The highest BCUT2D eigenvalue weighted by Crippen LogP contribution is 2.31. The Labute approximate surface area is 100 Å². The lowest BCUT2D eigenvalue weighted by molar-refractivity contribution is -0.142. The summed E-state index contributed by atoms with van der Waals surface area (Å²) >= 11 is 0. The topological polar surface area (TPSA) is 75.1 Å². The standard InChI is InChI=1S/C12H17N3O2/c1-8-5-13-12(14-6-8)15-7-9-3-2-4-10(9)11(16)17/h5-6,9-10H,2-4,7H2,1H3,(H,16,17)(H,13,14,15). The zero-order chi connectivity index (χ0) is 12.3. The summed E-state index contributed by atoms with van der Waals surface area (Å²) < 4.78 is 0. The molecule has 0 bridgehead atoms. The van der Waals surface area contributed by atoms with Crippen molar-refractivity contribution in [3.63, 3.8) is 0 Å². The van der Waals surface area contributed by atoms with Gasteiger partial charge in [-0.2, -0.15) is 0 Å². The van der Waals surface area contributed by atoms with E-state index in [1.165, 1.54) is 0 Å². The van der Waals surface area contributed by atoms with E-state index in [1.807, 2.05) is 6.92 Å². The maximum absolute atomic E-state index is 11.0. The first-order valence-corrected chi connectivity index (χ1v) is 5.92. The van der Waals surface area contributed by atoms with Crippen LogP contribution in [0.4, 0.5) is 5.95 Å². The molecule has 1 aromatic heterocycles. The van der Waals surface area contributed by atoms with Crippen molar-refractivity contribution >= 4 is 11.9 Å². The maximum atomic E-state index is 11.0. The highest BCUT2D eigenvalue weighted by Gasteiger charge is 2.32. The van der Waals surface area contributed by atoms with Crippen LogP contribution < -0.4 is 5.32 Å². The number of carbonyl (C=O) groups is 1. The van der Waals surface area contributed by atoms with Gasteiger partial charge in [-0.1, -0.05) is 6.42 Å². The lowest BCUT2D eigenvalue weighted by atomic mass is 9.96. The van der Waals surface area contributed by atoms with Crippen LogP contribution in [-0.4, -0.2) is 27.6 Å². The molecule has 1 fully saturated rings. The predicted octanol–water partition coefficient (Wildman–Crippen LogP) is 1.70. The first-order valence-electron chi connectivity index (χ1n) is 5.92. The van der Waals surface area contributed by atoms with Gasteiger partial charge in [0.15, 0.2) is 0 Å². The van der Waals surface area contributed by atoms with E-state index < -0.39 is 5.97 Å². The summed E-state index contributed by atoms with van der Waals surface area (Å²) in [5, 5.41) is 12.2. The normalized spacial score (nSPS) is 23.6. The molecule has 0 aliphatic heterocycles. The molecule has 92 valence electrons. The number of anilines is 1. The number of rotatable bonds is 4. The van der Waals surface area contributed by atoms with Crippen LogP contribution in [0.15, 0.2) is 12.4 Å². The molecule has 2 unspecified atom stereocenters. The van der Waals surface area contributed by atoms with Gasteiger partial charge < -0.3 is 10.4 Å². The first kappa shape index (κ1) is 11.8. The summed E-state index contributed by atoms with van der Waals surface area (Å²) in [6.07, 6.45) is 6.25. The van der Waals surface area contributed by atoms with Gasteiger partial charge in [0.25, 0.3) is 0 Å². The van der Waals surface area contributed by atoms with E-state index >= 15 is 0 Å². The molecule has 5 nitrogen and oxygen atoms in total. The van der Waals surface area contributed by atoms with Crippen molar-refractivity contribution in [2.24, 2.45) is 11.8 Å². The predicted molar refractivity (Wildman–Crippen MR) is 63.7 cm³/mol. The molecule has 1 saturated carbocycles. The minimum Gasteiger partial charge on any atom is -0.481 e. The number of hydrogen-bond donors (Lipinski definition) is 2. The molecule has 1 aliphatic carbocycles. The number of aryl methyl sites for hydroxylation is 1. The van der Waals surface area contributed by atoms with E-state index in [0.717, 1.165) is 24.8 Å². The van der Waals surface area contributed by atoms with E-state index in [4.69, 9.17) is 5.11 Å². The van der Waals surface area contributed by atoms with Crippen molar-refractivity contribution in [2.45, 2.75) is 26.2 Å². The molecule has 1 aliphatic rings. The van der Waals surface area contributed by atoms with Crippen molar-refractivity contribution in [1.82, 2.24) is 9.97 Å². The van der Waals surface area contributed by atoms with Crippen LogP contribution >= 0.6 is 0 Å². The van der Waals surface area contributed by atoms with E-state index in [2.05, 4.69) is 15.3 Å². The number of aliphatic carboxylic acids is 1. The Hall–Kier alpha value is -1.65. The third-order valence-electron chi connectivity index (χ3n) is 3.28. The van der Waals surface area contributed by atoms with Gasteiger partial charge in [-0.05, 0) is 31.2 Å². The molecule has 0 spiro atoms. The Kier molecular flexibility index (Phi) is 3.56. The van der Waals surface area contributed by atoms with Crippen LogP contribution in [0.3, 0.4) is 0 Å². The zero-order valence-corrected chi connectivity index (χ0v) is 9.89. The summed E-state index contributed by atoms with van der Waals surface area (Å²) in [6, 6.07) is 0. The van der Waals surface area contributed by atoms with Gasteiger partial charge in [-0.3, -0.25) is 4.79 Å². The Morgan fingerprint density at radius 3 is 2.82 bits per heavy atom. The molecule has 1 aromatic rings. The molecular formula is C12H17N3O2. The third kappa shape index (κ3) is 2.93.